The lowest BCUT2D eigenvalue weighted by Gasteiger charge is -2.27. The first-order chi connectivity index (χ1) is 15.6. The van der Waals surface area contributed by atoms with Crippen LogP contribution in [0, 0.1) is 5.92 Å². The van der Waals surface area contributed by atoms with Gasteiger partial charge in [0.15, 0.2) is 0 Å². The number of hydrogen-bond donors (Lipinski definition) is 2. The Morgan fingerprint density at radius 2 is 1.79 bits per heavy atom. The van der Waals surface area contributed by atoms with Gasteiger partial charge in [0, 0.05) is 24.3 Å². The molecule has 3 rings (SSSR count). The predicted molar refractivity (Wildman–Crippen MR) is 120 cm³/mol. The van der Waals surface area contributed by atoms with Gasteiger partial charge >= 0.3 is 6.18 Å². The van der Waals surface area contributed by atoms with Crippen molar-refractivity contribution in [1.82, 2.24) is 4.90 Å². The molecule has 10 heteroatoms. The van der Waals surface area contributed by atoms with Crippen LogP contribution in [0.5, 0.6) is 0 Å². The zero-order chi connectivity index (χ0) is 24.2. The van der Waals surface area contributed by atoms with Crippen LogP contribution in [-0.4, -0.2) is 49.1 Å². The summed E-state index contributed by atoms with van der Waals surface area (Å²) in [6, 6.07) is 8.76. The molecule has 0 aliphatic carbocycles. The molecule has 0 saturated carbocycles. The Hall–Kier alpha value is -2.78. The van der Waals surface area contributed by atoms with E-state index in [1.807, 2.05) is 0 Å². The number of halogens is 4. The fourth-order valence-corrected chi connectivity index (χ4v) is 3.65. The zero-order valence-electron chi connectivity index (χ0n) is 18.2. The predicted octanol–water partition coefficient (Wildman–Crippen LogP) is 4.91. The molecule has 1 fully saturated rings. The molecule has 2 N–H and O–H groups in total. The third kappa shape index (κ3) is 6.39. The average Bonchev–Trinajstić information content (AvgIpc) is 2.77. The summed E-state index contributed by atoms with van der Waals surface area (Å²) in [7, 11) is 0. The number of ether oxygens (including phenoxy) is 1. The van der Waals surface area contributed by atoms with Crippen LogP contribution < -0.4 is 10.6 Å². The molecule has 1 aliphatic rings. The van der Waals surface area contributed by atoms with Crippen LogP contribution in [-0.2, 0) is 15.7 Å². The van der Waals surface area contributed by atoms with Crippen molar-refractivity contribution >= 4 is 34.8 Å². The molecule has 2 aromatic rings. The van der Waals surface area contributed by atoms with E-state index >= 15 is 0 Å². The molecule has 1 atom stereocenters. The molecule has 1 aliphatic heterocycles. The Labute approximate surface area is 195 Å². The molecule has 2 amide bonds. The summed E-state index contributed by atoms with van der Waals surface area (Å²) in [5.41, 5.74) is 0.222. The van der Waals surface area contributed by atoms with Crippen LogP contribution in [0.4, 0.5) is 24.5 Å². The second-order valence-electron chi connectivity index (χ2n) is 8.03. The maximum atomic E-state index is 13.0. The Bertz CT molecular complexity index is 1010. The molecule has 6 nitrogen and oxygen atoms in total. The Morgan fingerprint density at radius 1 is 1.09 bits per heavy atom. The molecule has 0 radical (unpaired) electrons. The van der Waals surface area contributed by atoms with Crippen molar-refractivity contribution in [3.63, 3.8) is 0 Å². The molecular weight excluding hydrogens is 459 g/mol. The number of hydrogen-bond acceptors (Lipinski definition) is 4. The van der Waals surface area contributed by atoms with E-state index in [0.717, 1.165) is 12.1 Å². The molecule has 0 bridgehead atoms. The maximum Gasteiger partial charge on any atom is 0.416 e. The minimum absolute atomic E-state index is 0.138. The number of benzene rings is 2. The van der Waals surface area contributed by atoms with Crippen molar-refractivity contribution in [1.29, 1.82) is 0 Å². The van der Waals surface area contributed by atoms with Gasteiger partial charge in [0.25, 0.3) is 5.91 Å². The van der Waals surface area contributed by atoms with Crippen molar-refractivity contribution in [3.05, 3.63) is 58.6 Å². The number of morpholine rings is 1. The largest absolute Gasteiger partial charge is 0.416 e. The van der Waals surface area contributed by atoms with Gasteiger partial charge in [0.2, 0.25) is 5.91 Å². The number of carbonyl (C=O) groups excluding carboxylic acids is 2. The minimum Gasteiger partial charge on any atom is -0.378 e. The summed E-state index contributed by atoms with van der Waals surface area (Å²) in [4.78, 5) is 27.4. The zero-order valence-corrected chi connectivity index (χ0v) is 19.0. The Balaban J connectivity index is 1.73. The van der Waals surface area contributed by atoms with Crippen LogP contribution in [0.25, 0.3) is 0 Å². The second-order valence-corrected chi connectivity index (χ2v) is 8.44. The van der Waals surface area contributed by atoms with Gasteiger partial charge in [0.05, 0.1) is 29.5 Å². The van der Waals surface area contributed by atoms with Gasteiger partial charge in [-0.2, -0.15) is 13.2 Å². The van der Waals surface area contributed by atoms with Crippen molar-refractivity contribution in [2.45, 2.75) is 26.1 Å². The number of amides is 2. The fourth-order valence-electron chi connectivity index (χ4n) is 3.41. The lowest BCUT2D eigenvalue weighted by molar-refractivity contribution is -0.137. The van der Waals surface area contributed by atoms with Crippen LogP contribution in [0.3, 0.4) is 0 Å². The first-order valence-corrected chi connectivity index (χ1v) is 10.9. The minimum atomic E-state index is -4.51. The van der Waals surface area contributed by atoms with E-state index in [2.05, 4.69) is 10.6 Å². The molecule has 1 heterocycles. The van der Waals surface area contributed by atoms with E-state index in [4.69, 9.17) is 16.3 Å². The highest BCUT2D eigenvalue weighted by molar-refractivity contribution is 6.33. The van der Waals surface area contributed by atoms with Gasteiger partial charge in [-0.05, 0) is 42.3 Å². The number of nitrogens with zero attached hydrogens (tertiary/aromatic N) is 1. The van der Waals surface area contributed by atoms with E-state index in [-0.39, 0.29) is 22.5 Å². The van der Waals surface area contributed by atoms with Gasteiger partial charge in [-0.15, -0.1) is 0 Å². The topological polar surface area (TPSA) is 70.7 Å². The SMILES string of the molecule is CC(C)[C@H](Nc1ccc(C(F)(F)F)cc1Cl)C(=O)Nc1cccc(C(=O)N2CCOCC2)c1. The van der Waals surface area contributed by atoms with E-state index in [1.54, 1.807) is 43.0 Å². The highest BCUT2D eigenvalue weighted by Gasteiger charge is 2.31. The third-order valence-corrected chi connectivity index (χ3v) is 5.54. The molecular formula is C23H25ClF3N3O3. The highest BCUT2D eigenvalue weighted by atomic mass is 35.5. The summed E-state index contributed by atoms with van der Waals surface area (Å²) in [5, 5.41) is 5.57. The summed E-state index contributed by atoms with van der Waals surface area (Å²) in [5.74, 6) is -0.761. The fraction of sp³-hybridized carbons (Fsp3) is 0.391. The summed E-state index contributed by atoms with van der Waals surface area (Å²) >= 11 is 6.03. The van der Waals surface area contributed by atoms with Crippen molar-refractivity contribution in [2.75, 3.05) is 36.9 Å². The number of anilines is 2. The smallest absolute Gasteiger partial charge is 0.378 e. The quantitative estimate of drug-likeness (QED) is 0.612. The lowest BCUT2D eigenvalue weighted by Crippen LogP contribution is -2.41. The highest BCUT2D eigenvalue weighted by Crippen LogP contribution is 2.34. The van der Waals surface area contributed by atoms with E-state index in [1.165, 1.54) is 6.07 Å². The first-order valence-electron chi connectivity index (χ1n) is 10.5. The Morgan fingerprint density at radius 3 is 2.39 bits per heavy atom. The van der Waals surface area contributed by atoms with Gasteiger partial charge in [-0.25, -0.2) is 0 Å². The number of nitrogens with one attached hydrogen (secondary N) is 2. The molecule has 1 saturated heterocycles. The number of rotatable bonds is 6. The molecule has 2 aromatic carbocycles. The summed E-state index contributed by atoms with van der Waals surface area (Å²) in [6.45, 7) is 5.57. The van der Waals surface area contributed by atoms with Gasteiger partial charge < -0.3 is 20.3 Å². The van der Waals surface area contributed by atoms with Crippen LogP contribution in [0.15, 0.2) is 42.5 Å². The summed E-state index contributed by atoms with van der Waals surface area (Å²) < 4.78 is 43.9. The van der Waals surface area contributed by atoms with Gasteiger partial charge in [-0.1, -0.05) is 31.5 Å². The van der Waals surface area contributed by atoms with E-state index in [9.17, 15) is 22.8 Å². The molecule has 0 unspecified atom stereocenters. The van der Waals surface area contributed by atoms with E-state index in [0.29, 0.717) is 37.6 Å². The summed E-state index contributed by atoms with van der Waals surface area (Å²) in [6.07, 6.45) is -4.51. The van der Waals surface area contributed by atoms with Crippen LogP contribution in [0.2, 0.25) is 5.02 Å². The molecule has 0 spiro atoms. The third-order valence-electron chi connectivity index (χ3n) is 5.23. The first kappa shape index (κ1) is 24.9. The normalized spacial score (nSPS) is 15.3. The molecule has 178 valence electrons. The number of carbonyl (C=O) groups is 2. The van der Waals surface area contributed by atoms with Gasteiger partial charge in [0.1, 0.15) is 6.04 Å². The monoisotopic (exact) mass is 483 g/mol. The average molecular weight is 484 g/mol. The standard InChI is InChI=1S/C23H25ClF3N3O3/c1-14(2)20(29-19-7-6-16(13-18(19)24)23(25,26)27)21(31)28-17-5-3-4-15(12-17)22(32)30-8-10-33-11-9-30/h3-7,12-14,20,29H,8-11H2,1-2H3,(H,28,31)/t20-/m0/s1. The van der Waals surface area contributed by atoms with Crippen molar-refractivity contribution in [3.8, 4) is 0 Å². The molecule has 0 aromatic heterocycles. The Kier molecular flexibility index (Phi) is 7.86. The maximum absolute atomic E-state index is 13.0. The lowest BCUT2D eigenvalue weighted by atomic mass is 10.0. The second kappa shape index (κ2) is 10.4. The van der Waals surface area contributed by atoms with E-state index < -0.39 is 23.7 Å². The van der Waals surface area contributed by atoms with Crippen molar-refractivity contribution in [2.24, 2.45) is 5.92 Å². The van der Waals surface area contributed by atoms with Crippen molar-refractivity contribution < 1.29 is 27.5 Å². The molecule has 33 heavy (non-hydrogen) atoms. The van der Waals surface area contributed by atoms with Gasteiger partial charge in [-0.3, -0.25) is 9.59 Å². The van der Waals surface area contributed by atoms with Crippen LogP contribution >= 0.6 is 11.6 Å². The van der Waals surface area contributed by atoms with Crippen LogP contribution in [0.1, 0.15) is 29.8 Å². The number of alkyl halides is 3.